The van der Waals surface area contributed by atoms with E-state index >= 15 is 0 Å². The number of sulfonamides is 1. The average Bonchev–Trinajstić information content (AvgIpc) is 2.38. The van der Waals surface area contributed by atoms with Gasteiger partial charge in [-0.15, -0.1) is 0 Å². The average molecular weight is 361 g/mol. The Labute approximate surface area is 125 Å². The zero-order valence-electron chi connectivity index (χ0n) is 9.81. The van der Waals surface area contributed by atoms with E-state index in [2.05, 4.69) is 20.7 Å². The highest BCUT2D eigenvalue weighted by atomic mass is 79.9. The van der Waals surface area contributed by atoms with Crippen molar-refractivity contribution in [1.82, 2.24) is 4.72 Å². The number of halogens is 2. The van der Waals surface area contributed by atoms with Crippen LogP contribution in [0.4, 0.5) is 0 Å². The van der Waals surface area contributed by atoms with Gasteiger partial charge in [-0.25, -0.2) is 13.1 Å². The van der Waals surface area contributed by atoms with Crippen LogP contribution >= 0.6 is 27.5 Å². The molecule has 100 valence electrons. The molecule has 2 aromatic carbocycles. The molecule has 0 fully saturated rings. The lowest BCUT2D eigenvalue weighted by Crippen LogP contribution is -2.23. The maximum atomic E-state index is 12.1. The number of benzene rings is 2. The first-order chi connectivity index (χ1) is 8.99. The van der Waals surface area contributed by atoms with Crippen LogP contribution in [0, 0.1) is 0 Å². The molecule has 1 N–H and O–H groups in total. The molecule has 0 saturated carbocycles. The van der Waals surface area contributed by atoms with Crippen LogP contribution in [0.25, 0.3) is 0 Å². The third-order valence-electron chi connectivity index (χ3n) is 2.52. The number of nitrogens with one attached hydrogen (secondary N) is 1. The quantitative estimate of drug-likeness (QED) is 0.906. The van der Waals surface area contributed by atoms with Crippen LogP contribution in [0.1, 0.15) is 5.56 Å². The van der Waals surface area contributed by atoms with Gasteiger partial charge in [0, 0.05) is 16.0 Å². The maximum absolute atomic E-state index is 12.1. The fraction of sp³-hybridized carbons (Fsp3) is 0.0769. The largest absolute Gasteiger partial charge is 0.240 e. The highest BCUT2D eigenvalue weighted by molar-refractivity contribution is 9.10. The fourth-order valence-electron chi connectivity index (χ4n) is 1.53. The molecule has 0 aliphatic carbocycles. The van der Waals surface area contributed by atoms with E-state index < -0.39 is 10.0 Å². The van der Waals surface area contributed by atoms with Gasteiger partial charge < -0.3 is 0 Å². The lowest BCUT2D eigenvalue weighted by Gasteiger charge is -2.08. The molecule has 0 aliphatic heterocycles. The van der Waals surface area contributed by atoms with E-state index in [1.165, 1.54) is 0 Å². The lowest BCUT2D eigenvalue weighted by molar-refractivity contribution is 0.581. The molecule has 19 heavy (non-hydrogen) atoms. The van der Waals surface area contributed by atoms with Gasteiger partial charge in [0.1, 0.15) is 0 Å². The summed E-state index contributed by atoms with van der Waals surface area (Å²) in [7, 11) is -3.54. The predicted molar refractivity (Wildman–Crippen MR) is 79.6 cm³/mol. The Morgan fingerprint density at radius 3 is 2.53 bits per heavy atom. The van der Waals surface area contributed by atoms with Crippen molar-refractivity contribution in [2.24, 2.45) is 0 Å². The molecular formula is C13H11BrClNO2S. The molecular weight excluding hydrogens is 350 g/mol. The minimum atomic E-state index is -3.54. The normalized spacial score (nSPS) is 11.5. The van der Waals surface area contributed by atoms with Crippen LogP contribution in [0.3, 0.4) is 0 Å². The smallest absolute Gasteiger partial charge is 0.207 e. The molecule has 0 amide bonds. The van der Waals surface area contributed by atoms with Crippen LogP contribution in [0.15, 0.2) is 57.9 Å². The Kier molecular flexibility index (Phi) is 4.62. The molecule has 2 aromatic rings. The van der Waals surface area contributed by atoms with Crippen molar-refractivity contribution >= 4 is 37.6 Å². The zero-order valence-corrected chi connectivity index (χ0v) is 13.0. The van der Waals surface area contributed by atoms with Gasteiger partial charge >= 0.3 is 0 Å². The molecule has 0 aliphatic rings. The highest BCUT2D eigenvalue weighted by Gasteiger charge is 2.14. The second-order valence-electron chi connectivity index (χ2n) is 3.87. The Bertz CT molecular complexity index is 689. The third kappa shape index (κ3) is 3.79. The van der Waals surface area contributed by atoms with E-state index in [0.717, 1.165) is 5.56 Å². The summed E-state index contributed by atoms with van der Waals surface area (Å²) in [5.41, 5.74) is 0.739. The molecule has 2 rings (SSSR count). The number of rotatable bonds is 4. The SMILES string of the molecule is O=S(=O)(NCc1ccccc1Cl)c1cccc(Br)c1. The monoisotopic (exact) mass is 359 g/mol. The number of hydrogen-bond acceptors (Lipinski definition) is 2. The first-order valence-electron chi connectivity index (χ1n) is 5.48. The van der Waals surface area contributed by atoms with Crippen LogP contribution < -0.4 is 4.72 Å². The molecule has 0 bridgehead atoms. The van der Waals surface area contributed by atoms with Crippen molar-refractivity contribution in [1.29, 1.82) is 0 Å². The Hall–Kier alpha value is -0.880. The van der Waals surface area contributed by atoms with Gasteiger partial charge in [0.05, 0.1) is 4.90 Å². The fourth-order valence-corrected chi connectivity index (χ4v) is 3.34. The third-order valence-corrected chi connectivity index (χ3v) is 4.78. The second-order valence-corrected chi connectivity index (χ2v) is 6.96. The zero-order chi connectivity index (χ0) is 13.9. The van der Waals surface area contributed by atoms with E-state index in [1.54, 1.807) is 42.5 Å². The highest BCUT2D eigenvalue weighted by Crippen LogP contribution is 2.18. The van der Waals surface area contributed by atoms with Crippen molar-refractivity contribution in [3.05, 3.63) is 63.6 Å². The van der Waals surface area contributed by atoms with Gasteiger partial charge in [-0.3, -0.25) is 0 Å². The van der Waals surface area contributed by atoms with Crippen LogP contribution in [0.2, 0.25) is 5.02 Å². The Morgan fingerprint density at radius 2 is 1.84 bits per heavy atom. The van der Waals surface area contributed by atoms with Crippen molar-refractivity contribution in [2.45, 2.75) is 11.4 Å². The van der Waals surface area contributed by atoms with E-state index in [0.29, 0.717) is 9.50 Å². The second kappa shape index (κ2) is 6.05. The summed E-state index contributed by atoms with van der Waals surface area (Å²) in [4.78, 5) is 0.217. The molecule has 0 aromatic heterocycles. The van der Waals surface area contributed by atoms with Crippen molar-refractivity contribution in [3.8, 4) is 0 Å². The van der Waals surface area contributed by atoms with Gasteiger partial charge in [0.15, 0.2) is 0 Å². The summed E-state index contributed by atoms with van der Waals surface area (Å²) in [6.07, 6.45) is 0. The first-order valence-corrected chi connectivity index (χ1v) is 8.13. The lowest BCUT2D eigenvalue weighted by atomic mass is 10.2. The summed E-state index contributed by atoms with van der Waals surface area (Å²) < 4.78 is 27.4. The van der Waals surface area contributed by atoms with E-state index in [-0.39, 0.29) is 11.4 Å². The Balaban J connectivity index is 2.17. The molecule has 0 spiro atoms. The van der Waals surface area contributed by atoms with Gasteiger partial charge in [0.25, 0.3) is 0 Å². The first kappa shape index (κ1) is 14.5. The van der Waals surface area contributed by atoms with Crippen LogP contribution in [-0.2, 0) is 16.6 Å². The van der Waals surface area contributed by atoms with Crippen LogP contribution in [0.5, 0.6) is 0 Å². The molecule has 0 saturated heterocycles. The van der Waals surface area contributed by atoms with E-state index in [4.69, 9.17) is 11.6 Å². The molecule has 0 atom stereocenters. The van der Waals surface area contributed by atoms with E-state index in [9.17, 15) is 8.42 Å². The topological polar surface area (TPSA) is 46.2 Å². The van der Waals surface area contributed by atoms with Gasteiger partial charge in [-0.05, 0) is 29.8 Å². The van der Waals surface area contributed by atoms with Crippen molar-refractivity contribution in [3.63, 3.8) is 0 Å². The summed E-state index contributed by atoms with van der Waals surface area (Å²) in [5.74, 6) is 0. The molecule has 0 unspecified atom stereocenters. The predicted octanol–water partition coefficient (Wildman–Crippen LogP) is 3.58. The van der Waals surface area contributed by atoms with Crippen molar-refractivity contribution < 1.29 is 8.42 Å². The van der Waals surface area contributed by atoms with Crippen molar-refractivity contribution in [2.75, 3.05) is 0 Å². The summed E-state index contributed by atoms with van der Waals surface area (Å²) in [6.45, 7) is 0.161. The van der Waals surface area contributed by atoms with E-state index in [1.807, 2.05) is 6.07 Å². The van der Waals surface area contributed by atoms with Gasteiger partial charge in [-0.2, -0.15) is 0 Å². The summed E-state index contributed by atoms with van der Waals surface area (Å²) >= 11 is 9.23. The van der Waals surface area contributed by atoms with Gasteiger partial charge in [-0.1, -0.05) is 51.8 Å². The Morgan fingerprint density at radius 1 is 1.11 bits per heavy atom. The molecule has 6 heteroatoms. The molecule has 3 nitrogen and oxygen atoms in total. The maximum Gasteiger partial charge on any atom is 0.240 e. The summed E-state index contributed by atoms with van der Waals surface area (Å²) in [5, 5.41) is 0.541. The van der Waals surface area contributed by atoms with Crippen LogP contribution in [-0.4, -0.2) is 8.42 Å². The standard InChI is InChI=1S/C13H11BrClNO2S/c14-11-5-3-6-12(8-11)19(17,18)16-9-10-4-1-2-7-13(10)15/h1-8,16H,9H2. The minimum absolute atomic E-state index is 0.161. The molecule has 0 radical (unpaired) electrons. The number of hydrogen-bond donors (Lipinski definition) is 1. The molecule has 0 heterocycles. The minimum Gasteiger partial charge on any atom is -0.207 e. The van der Waals surface area contributed by atoms with Gasteiger partial charge in [0.2, 0.25) is 10.0 Å². The summed E-state index contributed by atoms with van der Waals surface area (Å²) in [6, 6.07) is 13.7.